The largest absolute Gasteiger partial charge is 0.379 e. The maximum absolute atomic E-state index is 12.4. The fourth-order valence-electron chi connectivity index (χ4n) is 3.53. The number of anilines is 1. The van der Waals surface area contributed by atoms with E-state index in [1.54, 1.807) is 12.3 Å². The SMILES string of the molecule is O=C(Cn1cc(Br)ccc1=O)Nc1ccc2c(ccn2CCN2CCOCC2)c1. The summed E-state index contributed by atoms with van der Waals surface area (Å²) in [6.45, 7) is 5.46. The van der Waals surface area contributed by atoms with Crippen LogP contribution in [0.3, 0.4) is 0 Å². The summed E-state index contributed by atoms with van der Waals surface area (Å²) in [5, 5.41) is 3.95. The summed E-state index contributed by atoms with van der Waals surface area (Å²) in [7, 11) is 0. The van der Waals surface area contributed by atoms with Crippen molar-refractivity contribution < 1.29 is 9.53 Å². The summed E-state index contributed by atoms with van der Waals surface area (Å²) >= 11 is 3.32. The Bertz CT molecular complexity index is 1070. The number of benzene rings is 1. The number of carbonyl (C=O) groups is 1. The minimum atomic E-state index is -0.240. The number of aromatic nitrogens is 2. The molecule has 0 unspecified atom stereocenters. The highest BCUT2D eigenvalue weighted by Crippen LogP contribution is 2.21. The van der Waals surface area contributed by atoms with Gasteiger partial charge in [0.25, 0.3) is 5.56 Å². The van der Waals surface area contributed by atoms with E-state index in [0.29, 0.717) is 0 Å². The Hall–Kier alpha value is -2.42. The van der Waals surface area contributed by atoms with Crippen molar-refractivity contribution in [3.8, 4) is 0 Å². The predicted octanol–water partition coefficient (Wildman–Crippen LogP) is 2.54. The standard InChI is InChI=1S/C21H23BrN4O3/c22-17-1-4-21(28)26(14-17)15-20(27)23-18-2-3-19-16(13-18)5-6-25(19)8-7-24-9-11-29-12-10-24/h1-6,13-14H,7-12,15H2,(H,23,27). The summed E-state index contributed by atoms with van der Waals surface area (Å²) < 4.78 is 9.76. The summed E-state index contributed by atoms with van der Waals surface area (Å²) in [6.07, 6.45) is 3.69. The number of fused-ring (bicyclic) bond motifs is 1. The highest BCUT2D eigenvalue weighted by Gasteiger charge is 2.11. The lowest BCUT2D eigenvalue weighted by molar-refractivity contribution is -0.116. The van der Waals surface area contributed by atoms with E-state index in [1.165, 1.54) is 10.6 Å². The van der Waals surface area contributed by atoms with Crippen LogP contribution >= 0.6 is 15.9 Å². The van der Waals surface area contributed by atoms with Crippen LogP contribution in [0.15, 0.2) is 58.1 Å². The van der Waals surface area contributed by atoms with Gasteiger partial charge >= 0.3 is 0 Å². The molecule has 1 aromatic carbocycles. The van der Waals surface area contributed by atoms with Crippen LogP contribution in [0.2, 0.25) is 0 Å². The Balaban J connectivity index is 1.40. The van der Waals surface area contributed by atoms with E-state index >= 15 is 0 Å². The van der Waals surface area contributed by atoms with Gasteiger partial charge in [-0.1, -0.05) is 0 Å². The molecule has 0 spiro atoms. The molecule has 8 heteroatoms. The second-order valence-electron chi connectivity index (χ2n) is 7.10. The van der Waals surface area contributed by atoms with Crippen LogP contribution in [-0.2, 0) is 22.6 Å². The van der Waals surface area contributed by atoms with Crippen LogP contribution in [0.5, 0.6) is 0 Å². The van der Waals surface area contributed by atoms with Gasteiger partial charge in [-0.05, 0) is 46.3 Å². The third-order valence-electron chi connectivity index (χ3n) is 5.08. The molecule has 3 aromatic rings. The monoisotopic (exact) mass is 458 g/mol. The molecule has 1 fully saturated rings. The molecule has 1 aliphatic rings. The van der Waals surface area contributed by atoms with Gasteiger partial charge in [-0.25, -0.2) is 0 Å². The lowest BCUT2D eigenvalue weighted by Crippen LogP contribution is -2.38. The number of amides is 1. The van der Waals surface area contributed by atoms with Gasteiger partial charge in [0.15, 0.2) is 0 Å². The zero-order valence-electron chi connectivity index (χ0n) is 16.0. The molecule has 0 atom stereocenters. The zero-order chi connectivity index (χ0) is 20.2. The van der Waals surface area contributed by atoms with Crippen molar-refractivity contribution in [3.05, 3.63) is 63.6 Å². The number of hydrogen-bond donors (Lipinski definition) is 1. The fourth-order valence-corrected chi connectivity index (χ4v) is 3.91. The maximum Gasteiger partial charge on any atom is 0.251 e. The number of rotatable bonds is 6. The van der Waals surface area contributed by atoms with E-state index in [0.717, 1.165) is 60.5 Å². The van der Waals surface area contributed by atoms with E-state index in [4.69, 9.17) is 4.74 Å². The second kappa shape index (κ2) is 8.94. The van der Waals surface area contributed by atoms with Crippen LogP contribution in [0.25, 0.3) is 10.9 Å². The van der Waals surface area contributed by atoms with Crippen LogP contribution in [0.1, 0.15) is 0 Å². The first-order valence-electron chi connectivity index (χ1n) is 9.63. The number of hydrogen-bond acceptors (Lipinski definition) is 4. The molecular weight excluding hydrogens is 436 g/mol. The van der Waals surface area contributed by atoms with Gasteiger partial charge in [0.2, 0.25) is 5.91 Å². The molecule has 152 valence electrons. The molecular formula is C21H23BrN4O3. The van der Waals surface area contributed by atoms with E-state index in [2.05, 4.69) is 43.0 Å². The third kappa shape index (κ3) is 4.95. The molecule has 1 saturated heterocycles. The van der Waals surface area contributed by atoms with Crippen molar-refractivity contribution in [1.29, 1.82) is 0 Å². The number of carbonyl (C=O) groups excluding carboxylic acids is 1. The van der Waals surface area contributed by atoms with Crippen molar-refractivity contribution in [2.75, 3.05) is 38.2 Å². The van der Waals surface area contributed by atoms with Gasteiger partial charge in [0.05, 0.1) is 13.2 Å². The number of morpholine rings is 1. The number of nitrogens with zero attached hydrogens (tertiary/aromatic N) is 3. The average molecular weight is 459 g/mol. The lowest BCUT2D eigenvalue weighted by Gasteiger charge is -2.26. The first-order valence-corrected chi connectivity index (χ1v) is 10.4. The van der Waals surface area contributed by atoms with Crippen molar-refractivity contribution >= 4 is 38.4 Å². The minimum Gasteiger partial charge on any atom is -0.379 e. The van der Waals surface area contributed by atoms with E-state index in [9.17, 15) is 9.59 Å². The number of ether oxygens (including phenoxy) is 1. The van der Waals surface area contributed by atoms with Gasteiger partial charge in [-0.3, -0.25) is 14.5 Å². The minimum absolute atomic E-state index is 0.0309. The zero-order valence-corrected chi connectivity index (χ0v) is 17.6. The van der Waals surface area contributed by atoms with Crippen molar-refractivity contribution in [2.45, 2.75) is 13.1 Å². The molecule has 1 N–H and O–H groups in total. The molecule has 0 radical (unpaired) electrons. The molecule has 1 aliphatic heterocycles. The Morgan fingerprint density at radius 3 is 2.72 bits per heavy atom. The Morgan fingerprint density at radius 1 is 1.07 bits per heavy atom. The van der Waals surface area contributed by atoms with E-state index < -0.39 is 0 Å². The van der Waals surface area contributed by atoms with Crippen LogP contribution in [0, 0.1) is 0 Å². The Labute approximate surface area is 177 Å². The topological polar surface area (TPSA) is 68.5 Å². The molecule has 4 rings (SSSR count). The third-order valence-corrected chi connectivity index (χ3v) is 5.55. The quantitative estimate of drug-likeness (QED) is 0.616. The van der Waals surface area contributed by atoms with Crippen LogP contribution in [0.4, 0.5) is 5.69 Å². The number of pyridine rings is 1. The molecule has 29 heavy (non-hydrogen) atoms. The van der Waals surface area contributed by atoms with Gasteiger partial charge in [-0.15, -0.1) is 0 Å². The van der Waals surface area contributed by atoms with Crippen molar-refractivity contribution in [3.63, 3.8) is 0 Å². The number of halogens is 1. The predicted molar refractivity (Wildman–Crippen MR) is 116 cm³/mol. The molecule has 1 amide bonds. The molecule has 2 aromatic heterocycles. The lowest BCUT2D eigenvalue weighted by atomic mass is 10.2. The van der Waals surface area contributed by atoms with Gasteiger partial charge in [-0.2, -0.15) is 0 Å². The summed E-state index contributed by atoms with van der Waals surface area (Å²) in [4.78, 5) is 26.6. The molecule has 0 saturated carbocycles. The molecule has 0 bridgehead atoms. The maximum atomic E-state index is 12.4. The smallest absolute Gasteiger partial charge is 0.251 e. The Kier molecular flexibility index (Phi) is 6.13. The second-order valence-corrected chi connectivity index (χ2v) is 8.01. The van der Waals surface area contributed by atoms with Crippen LogP contribution < -0.4 is 10.9 Å². The number of nitrogens with one attached hydrogen (secondary N) is 1. The van der Waals surface area contributed by atoms with E-state index in [-0.39, 0.29) is 18.0 Å². The van der Waals surface area contributed by atoms with Crippen molar-refractivity contribution in [2.24, 2.45) is 0 Å². The van der Waals surface area contributed by atoms with Gasteiger partial charge in [0.1, 0.15) is 6.54 Å². The highest BCUT2D eigenvalue weighted by atomic mass is 79.9. The first kappa shape index (κ1) is 19.9. The average Bonchev–Trinajstić information content (AvgIpc) is 3.12. The summed E-state index contributed by atoms with van der Waals surface area (Å²) in [5.74, 6) is -0.240. The molecule has 0 aliphatic carbocycles. The molecule has 7 nitrogen and oxygen atoms in total. The molecule has 3 heterocycles. The first-order chi connectivity index (χ1) is 14.1. The normalized spacial score (nSPS) is 14.9. The summed E-state index contributed by atoms with van der Waals surface area (Å²) in [6, 6.07) is 11.0. The van der Waals surface area contributed by atoms with Crippen LogP contribution in [-0.4, -0.2) is 52.8 Å². The fraction of sp³-hybridized carbons (Fsp3) is 0.333. The summed E-state index contributed by atoms with van der Waals surface area (Å²) in [5.41, 5.74) is 1.65. The highest BCUT2D eigenvalue weighted by molar-refractivity contribution is 9.10. The Morgan fingerprint density at radius 2 is 1.90 bits per heavy atom. The van der Waals surface area contributed by atoms with Crippen molar-refractivity contribution in [1.82, 2.24) is 14.0 Å². The van der Waals surface area contributed by atoms with Gasteiger partial charge < -0.3 is 19.2 Å². The van der Waals surface area contributed by atoms with Gasteiger partial charge in [0, 0.05) is 65.7 Å². The van der Waals surface area contributed by atoms with E-state index in [1.807, 2.05) is 18.2 Å².